The first kappa shape index (κ1) is 30.0. The van der Waals surface area contributed by atoms with Crippen LogP contribution in [0.2, 0.25) is 0 Å². The number of Topliss-reactive ketones (excluding diaryl/α,β-unsaturated/α-hetero) is 1. The van der Waals surface area contributed by atoms with Gasteiger partial charge in [0.1, 0.15) is 17.8 Å². The molecule has 1 aromatic heterocycles. The van der Waals surface area contributed by atoms with Gasteiger partial charge >= 0.3 is 23.9 Å². The number of ether oxygens (including phenoxy) is 5. The van der Waals surface area contributed by atoms with E-state index < -0.39 is 81.3 Å². The van der Waals surface area contributed by atoms with Crippen LogP contribution >= 0.6 is 0 Å². The lowest BCUT2D eigenvalue weighted by molar-refractivity contribution is -0.261. The number of cyclic esters (lactones) is 1. The van der Waals surface area contributed by atoms with E-state index >= 15 is 4.79 Å². The molecule has 2 saturated carbocycles. The number of furan rings is 1. The quantitative estimate of drug-likeness (QED) is 0.282. The molecule has 11 nitrogen and oxygen atoms in total. The highest BCUT2D eigenvalue weighted by molar-refractivity contribution is 6.00. The van der Waals surface area contributed by atoms with Crippen molar-refractivity contribution in [2.75, 3.05) is 7.11 Å². The van der Waals surface area contributed by atoms with Crippen molar-refractivity contribution in [1.29, 1.82) is 0 Å². The van der Waals surface area contributed by atoms with Crippen LogP contribution in [0.1, 0.15) is 78.9 Å². The van der Waals surface area contributed by atoms with E-state index in [4.69, 9.17) is 28.1 Å². The molecular weight excluding hydrogens is 548 g/mol. The van der Waals surface area contributed by atoms with Crippen LogP contribution in [-0.4, -0.2) is 60.2 Å². The third kappa shape index (κ3) is 3.84. The van der Waals surface area contributed by atoms with E-state index in [1.165, 1.54) is 33.5 Å². The van der Waals surface area contributed by atoms with Gasteiger partial charge in [0.15, 0.2) is 11.4 Å². The summed E-state index contributed by atoms with van der Waals surface area (Å²) in [7, 11) is 1.26. The third-order valence-corrected chi connectivity index (χ3v) is 10.6. The van der Waals surface area contributed by atoms with E-state index in [-0.39, 0.29) is 31.3 Å². The van der Waals surface area contributed by atoms with Crippen LogP contribution in [0.4, 0.5) is 0 Å². The van der Waals surface area contributed by atoms with Crippen LogP contribution < -0.4 is 0 Å². The van der Waals surface area contributed by atoms with Crippen LogP contribution in [-0.2, 0) is 47.7 Å². The average Bonchev–Trinajstić information content (AvgIpc) is 3.48. The van der Waals surface area contributed by atoms with Gasteiger partial charge in [0.2, 0.25) is 0 Å². The number of hydrogen-bond donors (Lipinski definition) is 0. The monoisotopic (exact) mass is 586 g/mol. The lowest BCUT2D eigenvalue weighted by Gasteiger charge is -2.59. The molecule has 4 fully saturated rings. The Morgan fingerprint density at radius 1 is 1.10 bits per heavy atom. The molecule has 42 heavy (non-hydrogen) atoms. The van der Waals surface area contributed by atoms with Crippen LogP contribution in [0.25, 0.3) is 0 Å². The lowest BCUT2D eigenvalue weighted by atomic mass is 9.49. The molecule has 5 rings (SSSR count). The van der Waals surface area contributed by atoms with Gasteiger partial charge in [-0.05, 0) is 18.9 Å². The summed E-state index contributed by atoms with van der Waals surface area (Å²) in [4.78, 5) is 66.4. The average molecular weight is 587 g/mol. The Morgan fingerprint density at radius 2 is 1.79 bits per heavy atom. The highest BCUT2D eigenvalue weighted by Crippen LogP contribution is 2.72. The fourth-order valence-electron chi connectivity index (χ4n) is 8.51. The summed E-state index contributed by atoms with van der Waals surface area (Å²) in [5.41, 5.74) is -6.23. The van der Waals surface area contributed by atoms with Gasteiger partial charge in [-0.2, -0.15) is 0 Å². The zero-order chi connectivity index (χ0) is 31.0. The Labute approximate surface area is 244 Å². The van der Waals surface area contributed by atoms with Gasteiger partial charge in [-0.1, -0.05) is 27.4 Å². The molecule has 8 unspecified atom stereocenters. The molecule has 4 aliphatic rings. The molecule has 0 amide bonds. The molecule has 2 saturated heterocycles. The zero-order valence-corrected chi connectivity index (χ0v) is 25.1. The number of rotatable bonds is 5. The molecule has 0 aromatic carbocycles. The molecule has 2 aliphatic heterocycles. The zero-order valence-electron chi connectivity index (χ0n) is 25.1. The van der Waals surface area contributed by atoms with Gasteiger partial charge in [0, 0.05) is 48.7 Å². The van der Waals surface area contributed by atoms with E-state index in [0.717, 1.165) is 0 Å². The van der Waals surface area contributed by atoms with Crippen molar-refractivity contribution in [1.82, 2.24) is 0 Å². The maximum absolute atomic E-state index is 15.3. The van der Waals surface area contributed by atoms with Crippen molar-refractivity contribution < 1.29 is 52.1 Å². The highest BCUT2D eigenvalue weighted by atomic mass is 16.6. The van der Waals surface area contributed by atoms with E-state index in [1.54, 1.807) is 13.0 Å². The summed E-state index contributed by atoms with van der Waals surface area (Å²) in [6.07, 6.45) is -0.226. The Balaban J connectivity index is 1.78. The summed E-state index contributed by atoms with van der Waals surface area (Å²) in [6.45, 7) is 14.0. The molecule has 1 spiro atoms. The van der Waals surface area contributed by atoms with Crippen molar-refractivity contribution >= 4 is 29.7 Å². The molecule has 228 valence electrons. The lowest BCUT2D eigenvalue weighted by Crippen LogP contribution is -2.67. The van der Waals surface area contributed by atoms with E-state index in [0.29, 0.717) is 5.56 Å². The number of carbonyl (C=O) groups is 5. The van der Waals surface area contributed by atoms with E-state index in [9.17, 15) is 19.2 Å². The van der Waals surface area contributed by atoms with Crippen molar-refractivity contribution in [3.63, 3.8) is 0 Å². The minimum atomic E-state index is -1.90. The number of hydrogen-bond acceptors (Lipinski definition) is 11. The van der Waals surface area contributed by atoms with Crippen LogP contribution in [0.5, 0.6) is 0 Å². The predicted octanol–water partition coefficient (Wildman–Crippen LogP) is 3.79. The standard InChI is InChI=1S/C31H38O11/c1-16-30(41-18(3)33)15-28(6)25(19-9-10-38-14-19)40-24(35)13-31(16,28)42-22-12-21(39-17(2)32)27(4,5)20(11-23(34)37-8)29(22,7)26(30)36/h9-10,14,20-22,25H,1,11-13,15H2,2-8H3. The maximum atomic E-state index is 15.3. The molecular formula is C31H38O11. The summed E-state index contributed by atoms with van der Waals surface area (Å²) in [5.74, 6) is -3.67. The molecule has 0 N–H and O–H groups in total. The van der Waals surface area contributed by atoms with Crippen molar-refractivity contribution in [3.8, 4) is 0 Å². The number of esters is 4. The Kier molecular flexibility index (Phi) is 6.80. The third-order valence-electron chi connectivity index (χ3n) is 10.6. The topological polar surface area (TPSA) is 145 Å². The second kappa shape index (κ2) is 9.52. The van der Waals surface area contributed by atoms with Crippen LogP contribution in [0.3, 0.4) is 0 Å². The molecule has 2 aliphatic carbocycles. The smallest absolute Gasteiger partial charge is 0.309 e. The minimum absolute atomic E-state index is 0.0819. The normalized spacial score (nSPS) is 40.2. The molecule has 3 heterocycles. The van der Waals surface area contributed by atoms with Gasteiger partial charge < -0.3 is 28.1 Å². The van der Waals surface area contributed by atoms with E-state index in [1.807, 2.05) is 20.8 Å². The maximum Gasteiger partial charge on any atom is 0.309 e. The molecule has 1 aromatic rings. The second-order valence-corrected chi connectivity index (χ2v) is 13.1. The molecule has 11 heteroatoms. The summed E-state index contributed by atoms with van der Waals surface area (Å²) in [6, 6.07) is 1.66. The Morgan fingerprint density at radius 3 is 2.36 bits per heavy atom. The van der Waals surface area contributed by atoms with Crippen molar-refractivity contribution in [2.24, 2.45) is 22.2 Å². The first-order chi connectivity index (χ1) is 19.5. The Bertz CT molecular complexity index is 1360. The van der Waals surface area contributed by atoms with Crippen LogP contribution in [0.15, 0.2) is 35.2 Å². The second-order valence-electron chi connectivity index (χ2n) is 13.1. The van der Waals surface area contributed by atoms with Gasteiger partial charge in [-0.15, -0.1) is 0 Å². The molecule has 8 atom stereocenters. The number of ketones is 1. The first-order valence-corrected chi connectivity index (χ1v) is 14.1. The Hall–Kier alpha value is -3.47. The molecule has 2 bridgehead atoms. The predicted molar refractivity (Wildman–Crippen MR) is 143 cm³/mol. The number of fused-ring (bicyclic) bond motifs is 2. The SMILES string of the molecule is C=C1C2(OC(C)=O)CC3(C)C(c4ccoc4)OC(=O)CC13OC1CC(OC(C)=O)C(C)(C)C(CC(=O)OC)C1(C)C2=O. The fraction of sp³-hybridized carbons (Fsp3) is 0.645. The van der Waals surface area contributed by atoms with Gasteiger partial charge in [-0.25, -0.2) is 0 Å². The van der Waals surface area contributed by atoms with Gasteiger partial charge in [0.05, 0.1) is 44.0 Å². The minimum Gasteiger partial charge on any atom is -0.472 e. The van der Waals surface area contributed by atoms with Gasteiger partial charge in [-0.3, -0.25) is 24.0 Å². The van der Waals surface area contributed by atoms with E-state index in [2.05, 4.69) is 6.58 Å². The summed E-state index contributed by atoms with van der Waals surface area (Å²) < 4.78 is 35.1. The highest BCUT2D eigenvalue weighted by Gasteiger charge is 2.81. The largest absolute Gasteiger partial charge is 0.472 e. The van der Waals surface area contributed by atoms with Crippen LogP contribution in [0, 0.1) is 22.2 Å². The molecule has 0 radical (unpaired) electrons. The number of methoxy groups -OCH3 is 1. The number of carbonyl (C=O) groups excluding carboxylic acids is 5. The first-order valence-electron chi connectivity index (χ1n) is 14.1. The summed E-state index contributed by atoms with van der Waals surface area (Å²) >= 11 is 0. The summed E-state index contributed by atoms with van der Waals surface area (Å²) in [5, 5.41) is 0. The fourth-order valence-corrected chi connectivity index (χ4v) is 8.51. The van der Waals surface area contributed by atoms with Crippen molar-refractivity contribution in [2.45, 2.75) is 96.7 Å². The van der Waals surface area contributed by atoms with Crippen molar-refractivity contribution in [3.05, 3.63) is 36.3 Å². The van der Waals surface area contributed by atoms with Gasteiger partial charge in [0.25, 0.3) is 0 Å².